The molecule has 1 saturated heterocycles. The standard InChI is InChI=1S/C13H20BrN3O/c1-9-13(14)11(17(2)16-9)8-12(18)10-6-4-3-5-7-15-10/h10,15H,3-8H2,1-2H3. The monoisotopic (exact) mass is 313 g/mol. The summed E-state index contributed by atoms with van der Waals surface area (Å²) in [5, 5.41) is 7.68. The third-order valence-corrected chi connectivity index (χ3v) is 4.58. The summed E-state index contributed by atoms with van der Waals surface area (Å²) in [6.45, 7) is 2.91. The number of carbonyl (C=O) groups excluding carboxylic acids is 1. The minimum absolute atomic E-state index is 0.0228. The van der Waals surface area contributed by atoms with Crippen LogP contribution < -0.4 is 5.32 Å². The largest absolute Gasteiger partial charge is 0.307 e. The Balaban J connectivity index is 2.06. The van der Waals surface area contributed by atoms with Crippen LogP contribution in [0.1, 0.15) is 37.1 Å². The first-order chi connectivity index (χ1) is 8.59. The SMILES string of the molecule is Cc1nn(C)c(CC(=O)C2CCCCCN2)c1Br. The first-order valence-corrected chi connectivity index (χ1v) is 7.33. The molecule has 1 aromatic heterocycles. The Morgan fingerprint density at radius 1 is 1.50 bits per heavy atom. The van der Waals surface area contributed by atoms with E-state index >= 15 is 0 Å². The highest BCUT2D eigenvalue weighted by Crippen LogP contribution is 2.21. The molecule has 0 spiro atoms. The highest BCUT2D eigenvalue weighted by Gasteiger charge is 2.22. The van der Waals surface area contributed by atoms with Crippen LogP contribution in [0.25, 0.3) is 0 Å². The smallest absolute Gasteiger partial charge is 0.155 e. The molecular weight excluding hydrogens is 294 g/mol. The first kappa shape index (κ1) is 13.7. The fourth-order valence-electron chi connectivity index (χ4n) is 2.46. The molecule has 0 aromatic carbocycles. The maximum Gasteiger partial charge on any atom is 0.155 e. The van der Waals surface area contributed by atoms with Crippen molar-refractivity contribution >= 4 is 21.7 Å². The van der Waals surface area contributed by atoms with Crippen LogP contribution in [-0.2, 0) is 18.3 Å². The van der Waals surface area contributed by atoms with E-state index in [1.54, 1.807) is 4.68 Å². The van der Waals surface area contributed by atoms with E-state index in [4.69, 9.17) is 0 Å². The molecule has 100 valence electrons. The Hall–Kier alpha value is -0.680. The third-order valence-electron chi connectivity index (χ3n) is 3.55. The molecule has 1 unspecified atom stereocenters. The number of rotatable bonds is 3. The second-order valence-electron chi connectivity index (χ2n) is 4.97. The summed E-state index contributed by atoms with van der Waals surface area (Å²) in [6.07, 6.45) is 4.97. The molecule has 0 amide bonds. The maximum absolute atomic E-state index is 12.3. The zero-order chi connectivity index (χ0) is 13.1. The van der Waals surface area contributed by atoms with Crippen LogP contribution >= 0.6 is 15.9 Å². The zero-order valence-corrected chi connectivity index (χ0v) is 12.6. The van der Waals surface area contributed by atoms with Gasteiger partial charge in [0.05, 0.1) is 28.3 Å². The average molecular weight is 314 g/mol. The molecule has 0 radical (unpaired) electrons. The number of nitrogens with zero attached hydrogens (tertiary/aromatic N) is 2. The van der Waals surface area contributed by atoms with Crippen molar-refractivity contribution < 1.29 is 4.79 Å². The van der Waals surface area contributed by atoms with Crippen molar-refractivity contribution in [1.29, 1.82) is 0 Å². The number of hydrogen-bond donors (Lipinski definition) is 1. The number of halogens is 1. The predicted molar refractivity (Wildman–Crippen MR) is 74.6 cm³/mol. The summed E-state index contributed by atoms with van der Waals surface area (Å²) in [5.41, 5.74) is 1.91. The van der Waals surface area contributed by atoms with Crippen LogP contribution in [0.15, 0.2) is 4.47 Å². The lowest BCUT2D eigenvalue weighted by molar-refractivity contribution is -0.120. The Labute approximate surface area is 116 Å². The molecule has 1 aliphatic rings. The van der Waals surface area contributed by atoms with Crippen LogP contribution in [0.4, 0.5) is 0 Å². The summed E-state index contributed by atoms with van der Waals surface area (Å²) < 4.78 is 2.76. The van der Waals surface area contributed by atoms with Gasteiger partial charge in [0.25, 0.3) is 0 Å². The van der Waals surface area contributed by atoms with E-state index in [2.05, 4.69) is 26.3 Å². The van der Waals surface area contributed by atoms with Gasteiger partial charge >= 0.3 is 0 Å². The van der Waals surface area contributed by atoms with Crippen molar-refractivity contribution in [2.75, 3.05) is 6.54 Å². The molecule has 1 aliphatic heterocycles. The van der Waals surface area contributed by atoms with E-state index < -0.39 is 0 Å². The molecule has 0 saturated carbocycles. The molecule has 1 N–H and O–H groups in total. The number of hydrogen-bond acceptors (Lipinski definition) is 3. The third kappa shape index (κ3) is 3.01. The van der Waals surface area contributed by atoms with Crippen molar-refractivity contribution in [1.82, 2.24) is 15.1 Å². The topological polar surface area (TPSA) is 46.9 Å². The predicted octanol–water partition coefficient (Wildman–Crippen LogP) is 2.13. The average Bonchev–Trinajstić information content (AvgIpc) is 2.58. The van der Waals surface area contributed by atoms with Crippen molar-refractivity contribution in [3.05, 3.63) is 15.9 Å². The molecule has 1 aromatic rings. The number of aryl methyl sites for hydroxylation is 2. The van der Waals surface area contributed by atoms with Crippen LogP contribution in [0.2, 0.25) is 0 Å². The number of nitrogens with one attached hydrogen (secondary N) is 1. The lowest BCUT2D eigenvalue weighted by Gasteiger charge is -2.14. The van der Waals surface area contributed by atoms with Crippen molar-refractivity contribution in [3.8, 4) is 0 Å². The van der Waals surface area contributed by atoms with Gasteiger partial charge < -0.3 is 5.32 Å². The first-order valence-electron chi connectivity index (χ1n) is 6.53. The van der Waals surface area contributed by atoms with Crippen molar-refractivity contribution in [2.24, 2.45) is 7.05 Å². The molecule has 5 heteroatoms. The molecule has 0 bridgehead atoms. The Kier molecular flexibility index (Phi) is 4.56. The molecule has 2 heterocycles. The molecule has 4 nitrogen and oxygen atoms in total. The summed E-state index contributed by atoms with van der Waals surface area (Å²) in [4.78, 5) is 12.3. The molecule has 18 heavy (non-hydrogen) atoms. The summed E-state index contributed by atoms with van der Waals surface area (Å²) in [5.74, 6) is 0.278. The Morgan fingerprint density at radius 2 is 2.28 bits per heavy atom. The Morgan fingerprint density at radius 3 is 2.94 bits per heavy atom. The molecular formula is C13H20BrN3O. The lowest BCUT2D eigenvalue weighted by Crippen LogP contribution is -2.37. The van der Waals surface area contributed by atoms with E-state index in [1.807, 2.05) is 14.0 Å². The van der Waals surface area contributed by atoms with Crippen LogP contribution in [0.5, 0.6) is 0 Å². The molecule has 0 aliphatic carbocycles. The lowest BCUT2D eigenvalue weighted by atomic mass is 10.0. The molecule has 1 fully saturated rings. The van der Waals surface area contributed by atoms with Gasteiger partial charge in [-0.15, -0.1) is 0 Å². The quantitative estimate of drug-likeness (QED) is 0.930. The number of carbonyl (C=O) groups is 1. The van der Waals surface area contributed by atoms with Gasteiger partial charge in [-0.3, -0.25) is 9.48 Å². The van der Waals surface area contributed by atoms with Crippen LogP contribution in [0.3, 0.4) is 0 Å². The van der Waals surface area contributed by atoms with Gasteiger partial charge in [0.2, 0.25) is 0 Å². The minimum atomic E-state index is 0.0228. The van der Waals surface area contributed by atoms with Crippen molar-refractivity contribution in [2.45, 2.75) is 45.1 Å². The second kappa shape index (κ2) is 5.97. The fraction of sp³-hybridized carbons (Fsp3) is 0.692. The highest BCUT2D eigenvalue weighted by atomic mass is 79.9. The number of Topliss-reactive ketones (excluding diaryl/α,β-unsaturated/α-hetero) is 1. The summed E-state index contributed by atoms with van der Waals surface area (Å²) >= 11 is 3.51. The summed E-state index contributed by atoms with van der Waals surface area (Å²) in [7, 11) is 1.89. The van der Waals surface area contributed by atoms with E-state index in [0.717, 1.165) is 35.2 Å². The van der Waals surface area contributed by atoms with Gasteiger partial charge in [-0.1, -0.05) is 12.8 Å². The van der Waals surface area contributed by atoms with E-state index in [0.29, 0.717) is 6.42 Å². The molecule has 1 atom stereocenters. The van der Waals surface area contributed by atoms with Gasteiger partial charge in [-0.2, -0.15) is 5.10 Å². The number of aromatic nitrogens is 2. The normalized spacial score (nSPS) is 20.7. The zero-order valence-electron chi connectivity index (χ0n) is 11.0. The van der Waals surface area contributed by atoms with Crippen LogP contribution in [0, 0.1) is 6.92 Å². The van der Waals surface area contributed by atoms with Crippen LogP contribution in [-0.4, -0.2) is 28.2 Å². The highest BCUT2D eigenvalue weighted by molar-refractivity contribution is 9.10. The fourth-order valence-corrected chi connectivity index (χ4v) is 2.94. The maximum atomic E-state index is 12.3. The number of ketones is 1. The van der Waals surface area contributed by atoms with E-state index in [9.17, 15) is 4.79 Å². The van der Waals surface area contributed by atoms with Gasteiger partial charge in [0.1, 0.15) is 0 Å². The van der Waals surface area contributed by atoms with Crippen molar-refractivity contribution in [3.63, 3.8) is 0 Å². The van der Waals surface area contributed by atoms with Gasteiger partial charge in [0, 0.05) is 7.05 Å². The van der Waals surface area contributed by atoms with E-state index in [-0.39, 0.29) is 11.8 Å². The van der Waals surface area contributed by atoms with Gasteiger partial charge in [0.15, 0.2) is 5.78 Å². The minimum Gasteiger partial charge on any atom is -0.307 e. The molecule has 2 rings (SSSR count). The summed E-state index contributed by atoms with van der Waals surface area (Å²) in [6, 6.07) is 0.0228. The van der Waals surface area contributed by atoms with Gasteiger partial charge in [-0.05, 0) is 42.2 Å². The van der Waals surface area contributed by atoms with E-state index in [1.165, 1.54) is 12.8 Å². The van der Waals surface area contributed by atoms with Gasteiger partial charge in [-0.25, -0.2) is 0 Å². The Bertz CT molecular complexity index is 434. The second-order valence-corrected chi connectivity index (χ2v) is 5.76.